The van der Waals surface area contributed by atoms with Gasteiger partial charge in [-0.2, -0.15) is 0 Å². The number of carbonyl (C=O) groups excluding carboxylic acids is 1. The third-order valence-corrected chi connectivity index (χ3v) is 4.33. The van der Waals surface area contributed by atoms with Crippen LogP contribution in [0, 0.1) is 0 Å². The van der Waals surface area contributed by atoms with Crippen LogP contribution in [0.2, 0.25) is 0 Å². The predicted molar refractivity (Wildman–Crippen MR) is 85.7 cm³/mol. The van der Waals surface area contributed by atoms with E-state index in [1.807, 2.05) is 46.4 Å². The second-order valence-electron chi connectivity index (χ2n) is 5.31. The number of hydrogen-bond acceptors (Lipinski definition) is 4. The van der Waals surface area contributed by atoms with Crippen molar-refractivity contribution in [2.75, 3.05) is 5.73 Å². The summed E-state index contributed by atoms with van der Waals surface area (Å²) in [5.41, 5.74) is 8.41. The number of rotatable bonds is 5. The minimum Gasteiger partial charge on any atom is -0.399 e. The summed E-state index contributed by atoms with van der Waals surface area (Å²) in [6.07, 6.45) is 4.80. The number of imidazole rings is 1. The van der Waals surface area contributed by atoms with Crippen LogP contribution in [0.1, 0.15) is 30.5 Å². The van der Waals surface area contributed by atoms with Crippen LogP contribution in [0.15, 0.2) is 42.0 Å². The molecule has 1 unspecified atom stereocenters. The summed E-state index contributed by atoms with van der Waals surface area (Å²) in [6, 6.07) is 7.72. The maximum atomic E-state index is 12.2. The molecule has 5 heteroatoms. The predicted octanol–water partition coefficient (Wildman–Crippen LogP) is 3.28. The topological polar surface area (TPSA) is 60.4 Å². The molecule has 108 valence electrons. The van der Waals surface area contributed by atoms with Gasteiger partial charge >= 0.3 is 0 Å². The van der Waals surface area contributed by atoms with Crippen LogP contribution >= 0.6 is 11.3 Å². The van der Waals surface area contributed by atoms with E-state index < -0.39 is 0 Å². The van der Waals surface area contributed by atoms with E-state index in [2.05, 4.69) is 11.9 Å². The van der Waals surface area contributed by atoms with Crippen molar-refractivity contribution in [1.82, 2.24) is 9.38 Å². The van der Waals surface area contributed by atoms with Crippen molar-refractivity contribution in [3.05, 3.63) is 53.3 Å². The van der Waals surface area contributed by atoms with Crippen molar-refractivity contribution >= 4 is 27.8 Å². The van der Waals surface area contributed by atoms with Gasteiger partial charge in [0.05, 0.1) is 12.1 Å². The first kappa shape index (κ1) is 13.8. The average molecular weight is 299 g/mol. The lowest BCUT2D eigenvalue weighted by Gasteiger charge is -2.10. The maximum absolute atomic E-state index is 12.2. The van der Waals surface area contributed by atoms with Gasteiger partial charge in [0.25, 0.3) is 0 Å². The largest absolute Gasteiger partial charge is 0.399 e. The number of carbonyl (C=O) groups is 1. The highest BCUT2D eigenvalue weighted by atomic mass is 32.1. The van der Waals surface area contributed by atoms with Gasteiger partial charge in [-0.25, -0.2) is 4.98 Å². The minimum absolute atomic E-state index is 0.196. The number of ketones is 1. The van der Waals surface area contributed by atoms with Crippen LogP contribution in [0.3, 0.4) is 0 Å². The third kappa shape index (κ3) is 3.13. The van der Waals surface area contributed by atoms with E-state index in [1.54, 1.807) is 11.3 Å². The molecule has 0 aliphatic carbocycles. The van der Waals surface area contributed by atoms with Crippen LogP contribution in [0.5, 0.6) is 0 Å². The summed E-state index contributed by atoms with van der Waals surface area (Å²) in [5.74, 6) is 0.409. The molecule has 2 heterocycles. The Balaban J connectivity index is 1.63. The molecule has 0 aliphatic heterocycles. The lowest BCUT2D eigenvalue weighted by Crippen LogP contribution is -2.08. The molecule has 0 radical (unpaired) electrons. The van der Waals surface area contributed by atoms with E-state index in [0.717, 1.165) is 21.9 Å². The number of aromatic nitrogens is 2. The SMILES string of the molecule is CC(CC(=O)Cc1cn2ccsc2n1)c1ccc(N)cc1. The Labute approximate surface area is 127 Å². The summed E-state index contributed by atoms with van der Waals surface area (Å²) in [7, 11) is 0. The van der Waals surface area contributed by atoms with Crippen LogP contribution in [0.4, 0.5) is 5.69 Å². The number of hydrogen-bond donors (Lipinski definition) is 1. The third-order valence-electron chi connectivity index (χ3n) is 3.56. The molecular formula is C16H17N3OS. The Morgan fingerprint density at radius 1 is 1.38 bits per heavy atom. The highest BCUT2D eigenvalue weighted by molar-refractivity contribution is 7.15. The summed E-state index contributed by atoms with van der Waals surface area (Å²) >= 11 is 1.58. The molecule has 2 N–H and O–H groups in total. The molecule has 2 aromatic heterocycles. The van der Waals surface area contributed by atoms with Crippen molar-refractivity contribution in [1.29, 1.82) is 0 Å². The molecular weight excluding hydrogens is 282 g/mol. The van der Waals surface area contributed by atoms with E-state index >= 15 is 0 Å². The Hall–Kier alpha value is -2.14. The molecule has 3 aromatic rings. The van der Waals surface area contributed by atoms with Gasteiger partial charge in [0.1, 0.15) is 5.78 Å². The fourth-order valence-electron chi connectivity index (χ4n) is 2.42. The van der Waals surface area contributed by atoms with Crippen LogP contribution < -0.4 is 5.73 Å². The van der Waals surface area contributed by atoms with Crippen LogP contribution in [-0.2, 0) is 11.2 Å². The minimum atomic E-state index is 0.196. The van der Waals surface area contributed by atoms with Gasteiger partial charge in [-0.15, -0.1) is 11.3 Å². The average Bonchev–Trinajstić information content (AvgIpc) is 3.00. The fourth-order valence-corrected chi connectivity index (χ4v) is 3.14. The van der Waals surface area contributed by atoms with Crippen molar-refractivity contribution in [2.24, 2.45) is 0 Å². The number of anilines is 1. The standard InChI is InChI=1S/C16H17N3OS/c1-11(12-2-4-13(17)5-3-12)8-15(20)9-14-10-19-6-7-21-16(19)18-14/h2-7,10-11H,8-9,17H2,1H3. The Bertz CT molecular complexity index is 729. The van der Waals surface area contributed by atoms with Gasteiger partial charge in [0.2, 0.25) is 0 Å². The van der Waals surface area contributed by atoms with Crippen molar-refractivity contribution in [3.8, 4) is 0 Å². The molecule has 4 nitrogen and oxygen atoms in total. The lowest BCUT2D eigenvalue weighted by molar-refractivity contribution is -0.118. The molecule has 0 aliphatic rings. The highest BCUT2D eigenvalue weighted by Gasteiger charge is 2.13. The van der Waals surface area contributed by atoms with Crippen molar-refractivity contribution in [3.63, 3.8) is 0 Å². The highest BCUT2D eigenvalue weighted by Crippen LogP contribution is 2.21. The summed E-state index contributed by atoms with van der Waals surface area (Å²) in [6.45, 7) is 2.06. The van der Waals surface area contributed by atoms with E-state index in [0.29, 0.717) is 12.8 Å². The monoisotopic (exact) mass is 299 g/mol. The van der Waals surface area contributed by atoms with Gasteiger partial charge in [-0.05, 0) is 23.6 Å². The Kier molecular flexibility index (Phi) is 3.75. The zero-order valence-electron chi connectivity index (χ0n) is 11.8. The lowest BCUT2D eigenvalue weighted by atomic mass is 9.94. The number of Topliss-reactive ketones (excluding diaryl/α,β-unsaturated/α-hetero) is 1. The van der Waals surface area contributed by atoms with Crippen LogP contribution in [0.25, 0.3) is 4.96 Å². The number of nitrogens with zero attached hydrogens (tertiary/aromatic N) is 2. The molecule has 3 rings (SSSR count). The van der Waals surface area contributed by atoms with Crippen molar-refractivity contribution in [2.45, 2.75) is 25.7 Å². The molecule has 0 saturated heterocycles. The first-order valence-electron chi connectivity index (χ1n) is 6.90. The number of fused-ring (bicyclic) bond motifs is 1. The van der Waals surface area contributed by atoms with E-state index in [4.69, 9.17) is 5.73 Å². The maximum Gasteiger partial charge on any atom is 0.193 e. The summed E-state index contributed by atoms with van der Waals surface area (Å²) in [5, 5.41) is 1.98. The zero-order chi connectivity index (χ0) is 14.8. The zero-order valence-corrected chi connectivity index (χ0v) is 12.6. The Morgan fingerprint density at radius 3 is 2.86 bits per heavy atom. The molecule has 0 spiro atoms. The van der Waals surface area contributed by atoms with E-state index in [1.165, 1.54) is 0 Å². The smallest absolute Gasteiger partial charge is 0.193 e. The summed E-state index contributed by atoms with van der Waals surface area (Å²) in [4.78, 5) is 17.6. The van der Waals surface area contributed by atoms with E-state index in [-0.39, 0.29) is 11.7 Å². The Morgan fingerprint density at radius 2 is 2.14 bits per heavy atom. The van der Waals surface area contributed by atoms with Gasteiger partial charge in [-0.1, -0.05) is 19.1 Å². The molecule has 0 amide bonds. The van der Waals surface area contributed by atoms with Gasteiger partial charge in [0.15, 0.2) is 4.96 Å². The second kappa shape index (κ2) is 5.69. The van der Waals surface area contributed by atoms with Crippen molar-refractivity contribution < 1.29 is 4.79 Å². The first-order chi connectivity index (χ1) is 10.1. The fraction of sp³-hybridized carbons (Fsp3) is 0.250. The quantitative estimate of drug-likeness (QED) is 0.735. The molecule has 1 aromatic carbocycles. The van der Waals surface area contributed by atoms with E-state index in [9.17, 15) is 4.79 Å². The number of thiazole rings is 1. The molecule has 21 heavy (non-hydrogen) atoms. The molecule has 0 bridgehead atoms. The number of nitrogen functional groups attached to an aromatic ring is 1. The second-order valence-corrected chi connectivity index (χ2v) is 6.19. The van der Waals surface area contributed by atoms with Gasteiger partial charge in [0, 0.05) is 29.9 Å². The van der Waals surface area contributed by atoms with Gasteiger partial charge in [-0.3, -0.25) is 9.20 Å². The molecule has 0 fully saturated rings. The number of nitrogens with two attached hydrogens (primary N) is 1. The molecule has 1 atom stereocenters. The number of benzene rings is 1. The molecule has 0 saturated carbocycles. The van der Waals surface area contributed by atoms with Gasteiger partial charge < -0.3 is 5.73 Å². The first-order valence-corrected chi connectivity index (χ1v) is 7.78. The normalized spacial score (nSPS) is 12.6. The summed E-state index contributed by atoms with van der Waals surface area (Å²) < 4.78 is 1.96. The van der Waals surface area contributed by atoms with Crippen LogP contribution in [-0.4, -0.2) is 15.2 Å².